The standard InChI is InChI=1S/C15H18O7/c1-9-4-10(7-20-8-16)2-3-12(9)21-14-6-11(17)5-13(22-14)15(18)19/h2-4,8,11,13-14,17H,5-7H2,1H3,(H,18,19). The number of hydrogen-bond donors (Lipinski definition) is 2. The Balaban J connectivity index is 2.03. The normalized spacial score (nSPS) is 24.5. The van der Waals surface area contributed by atoms with E-state index < -0.39 is 24.5 Å². The van der Waals surface area contributed by atoms with Crippen LogP contribution < -0.4 is 4.74 Å². The van der Waals surface area contributed by atoms with Gasteiger partial charge in [-0.05, 0) is 30.2 Å². The highest BCUT2D eigenvalue weighted by atomic mass is 16.7. The Morgan fingerprint density at radius 1 is 1.45 bits per heavy atom. The van der Waals surface area contributed by atoms with Gasteiger partial charge in [-0.15, -0.1) is 0 Å². The Labute approximate surface area is 127 Å². The first-order valence-electron chi connectivity index (χ1n) is 6.87. The minimum Gasteiger partial charge on any atom is -0.479 e. The molecule has 0 spiro atoms. The first-order chi connectivity index (χ1) is 10.5. The van der Waals surface area contributed by atoms with Crippen molar-refractivity contribution in [2.24, 2.45) is 0 Å². The Morgan fingerprint density at radius 2 is 2.23 bits per heavy atom. The van der Waals surface area contributed by atoms with E-state index in [1.54, 1.807) is 18.2 Å². The van der Waals surface area contributed by atoms with Gasteiger partial charge in [0.2, 0.25) is 6.29 Å². The Morgan fingerprint density at radius 3 is 2.86 bits per heavy atom. The van der Waals surface area contributed by atoms with Crippen LogP contribution in [0.1, 0.15) is 24.0 Å². The molecule has 3 unspecified atom stereocenters. The molecular weight excluding hydrogens is 292 g/mol. The first-order valence-corrected chi connectivity index (χ1v) is 6.87. The molecule has 1 fully saturated rings. The average molecular weight is 310 g/mol. The fourth-order valence-corrected chi connectivity index (χ4v) is 2.30. The summed E-state index contributed by atoms with van der Waals surface area (Å²) < 4.78 is 15.6. The molecule has 1 aromatic rings. The van der Waals surface area contributed by atoms with E-state index in [0.29, 0.717) is 12.2 Å². The molecule has 7 heteroatoms. The second kappa shape index (κ2) is 7.24. The molecule has 0 aliphatic carbocycles. The fraction of sp³-hybridized carbons (Fsp3) is 0.467. The molecule has 1 heterocycles. The van der Waals surface area contributed by atoms with Crippen LogP contribution in [0.4, 0.5) is 0 Å². The second-order valence-corrected chi connectivity index (χ2v) is 5.14. The van der Waals surface area contributed by atoms with Gasteiger partial charge in [0.1, 0.15) is 12.4 Å². The highest BCUT2D eigenvalue weighted by molar-refractivity contribution is 5.72. The topological polar surface area (TPSA) is 102 Å². The van der Waals surface area contributed by atoms with Gasteiger partial charge in [0.05, 0.1) is 6.10 Å². The summed E-state index contributed by atoms with van der Waals surface area (Å²) in [6.45, 7) is 2.36. The average Bonchev–Trinajstić information content (AvgIpc) is 2.47. The van der Waals surface area contributed by atoms with Crippen LogP contribution in [0, 0.1) is 6.92 Å². The number of carbonyl (C=O) groups is 2. The third-order valence-corrected chi connectivity index (χ3v) is 3.36. The van der Waals surface area contributed by atoms with E-state index in [2.05, 4.69) is 4.74 Å². The van der Waals surface area contributed by atoms with Crippen LogP contribution in [-0.2, 0) is 25.7 Å². The fourth-order valence-electron chi connectivity index (χ4n) is 2.30. The summed E-state index contributed by atoms with van der Waals surface area (Å²) in [5.41, 5.74) is 1.60. The first kappa shape index (κ1) is 16.3. The number of carbonyl (C=O) groups excluding carboxylic acids is 1. The molecule has 7 nitrogen and oxygen atoms in total. The SMILES string of the molecule is Cc1cc(COC=O)ccc1OC1CC(O)CC(C(=O)O)O1. The van der Waals surface area contributed by atoms with Crippen LogP contribution in [-0.4, -0.2) is 41.2 Å². The zero-order chi connectivity index (χ0) is 16.1. The number of aliphatic hydroxyl groups is 1. The van der Waals surface area contributed by atoms with Crippen molar-refractivity contribution in [1.82, 2.24) is 0 Å². The lowest BCUT2D eigenvalue weighted by Gasteiger charge is -2.31. The molecule has 0 radical (unpaired) electrons. The van der Waals surface area contributed by atoms with Gasteiger partial charge in [0.15, 0.2) is 6.10 Å². The van der Waals surface area contributed by atoms with E-state index in [9.17, 15) is 14.7 Å². The van der Waals surface area contributed by atoms with E-state index in [1.165, 1.54) is 0 Å². The van der Waals surface area contributed by atoms with E-state index in [0.717, 1.165) is 11.1 Å². The molecule has 0 bridgehead atoms. The van der Waals surface area contributed by atoms with E-state index in [1.807, 2.05) is 6.92 Å². The van der Waals surface area contributed by atoms with Gasteiger partial charge >= 0.3 is 5.97 Å². The highest BCUT2D eigenvalue weighted by Gasteiger charge is 2.34. The van der Waals surface area contributed by atoms with Crippen molar-refractivity contribution >= 4 is 12.4 Å². The maximum Gasteiger partial charge on any atom is 0.333 e. The summed E-state index contributed by atoms with van der Waals surface area (Å²) in [6, 6.07) is 5.23. The predicted octanol–water partition coefficient (Wildman–Crippen LogP) is 0.997. The van der Waals surface area contributed by atoms with Gasteiger partial charge in [-0.1, -0.05) is 6.07 Å². The minimum atomic E-state index is -1.12. The summed E-state index contributed by atoms with van der Waals surface area (Å²) in [5, 5.41) is 18.7. The number of aliphatic carboxylic acids is 1. The van der Waals surface area contributed by atoms with Crippen molar-refractivity contribution < 1.29 is 34.0 Å². The summed E-state index contributed by atoms with van der Waals surface area (Å²) >= 11 is 0. The molecule has 0 saturated carbocycles. The largest absolute Gasteiger partial charge is 0.479 e. The lowest BCUT2D eigenvalue weighted by Crippen LogP contribution is -2.42. The van der Waals surface area contributed by atoms with Crippen LogP contribution in [0.25, 0.3) is 0 Å². The van der Waals surface area contributed by atoms with Crippen molar-refractivity contribution in [2.45, 2.75) is 44.9 Å². The molecule has 2 rings (SSSR count). The number of aryl methyl sites for hydroxylation is 1. The number of benzene rings is 1. The van der Waals surface area contributed by atoms with E-state index in [4.69, 9.17) is 14.6 Å². The monoisotopic (exact) mass is 310 g/mol. The quantitative estimate of drug-likeness (QED) is 0.755. The molecule has 0 aromatic heterocycles. The second-order valence-electron chi connectivity index (χ2n) is 5.14. The maximum absolute atomic E-state index is 11.0. The molecule has 0 amide bonds. The number of carboxylic acids is 1. The molecule has 1 aliphatic heterocycles. The third-order valence-electron chi connectivity index (χ3n) is 3.36. The Hall–Kier alpha value is -2.12. The lowest BCUT2D eigenvalue weighted by atomic mass is 10.1. The van der Waals surface area contributed by atoms with Crippen molar-refractivity contribution in [3.8, 4) is 5.75 Å². The van der Waals surface area contributed by atoms with Crippen molar-refractivity contribution in [1.29, 1.82) is 0 Å². The van der Waals surface area contributed by atoms with Gasteiger partial charge in [-0.2, -0.15) is 0 Å². The summed E-state index contributed by atoms with van der Waals surface area (Å²) in [4.78, 5) is 21.2. The van der Waals surface area contributed by atoms with Crippen LogP contribution in [0.5, 0.6) is 5.75 Å². The molecular formula is C15H18O7. The Kier molecular flexibility index (Phi) is 5.35. The van der Waals surface area contributed by atoms with E-state index >= 15 is 0 Å². The summed E-state index contributed by atoms with van der Waals surface area (Å²) in [5.74, 6) is -0.594. The third kappa shape index (κ3) is 4.19. The van der Waals surface area contributed by atoms with Crippen LogP contribution in [0.3, 0.4) is 0 Å². The van der Waals surface area contributed by atoms with Crippen molar-refractivity contribution in [3.05, 3.63) is 29.3 Å². The number of aliphatic hydroxyl groups excluding tert-OH is 1. The van der Waals surface area contributed by atoms with Crippen LogP contribution in [0.15, 0.2) is 18.2 Å². The van der Waals surface area contributed by atoms with Gasteiger partial charge in [-0.3, -0.25) is 4.79 Å². The minimum absolute atomic E-state index is 0.0517. The molecule has 120 valence electrons. The zero-order valence-corrected chi connectivity index (χ0v) is 12.1. The summed E-state index contributed by atoms with van der Waals surface area (Å²) in [6.07, 6.45) is -2.41. The number of hydrogen-bond acceptors (Lipinski definition) is 6. The number of ether oxygens (including phenoxy) is 3. The smallest absolute Gasteiger partial charge is 0.333 e. The molecule has 2 N–H and O–H groups in total. The molecule has 1 aromatic carbocycles. The molecule has 1 saturated heterocycles. The lowest BCUT2D eigenvalue weighted by molar-refractivity contribution is -0.195. The number of rotatable bonds is 6. The maximum atomic E-state index is 11.0. The van der Waals surface area contributed by atoms with Gasteiger partial charge in [0, 0.05) is 12.8 Å². The van der Waals surface area contributed by atoms with Crippen LogP contribution >= 0.6 is 0 Å². The zero-order valence-electron chi connectivity index (χ0n) is 12.1. The molecule has 22 heavy (non-hydrogen) atoms. The molecule has 3 atom stereocenters. The van der Waals surface area contributed by atoms with Gasteiger partial charge in [-0.25, -0.2) is 4.79 Å². The van der Waals surface area contributed by atoms with Crippen LogP contribution in [0.2, 0.25) is 0 Å². The van der Waals surface area contributed by atoms with Crippen molar-refractivity contribution in [3.63, 3.8) is 0 Å². The highest BCUT2D eigenvalue weighted by Crippen LogP contribution is 2.26. The Bertz CT molecular complexity index is 543. The van der Waals surface area contributed by atoms with E-state index in [-0.39, 0.29) is 19.4 Å². The number of carboxylic acid groups (broad SMARTS) is 1. The van der Waals surface area contributed by atoms with Crippen molar-refractivity contribution in [2.75, 3.05) is 0 Å². The van der Waals surface area contributed by atoms with Gasteiger partial charge in [0.25, 0.3) is 6.47 Å². The predicted molar refractivity (Wildman–Crippen MR) is 74.2 cm³/mol. The van der Waals surface area contributed by atoms with Gasteiger partial charge < -0.3 is 24.4 Å². The molecule has 1 aliphatic rings. The summed E-state index contributed by atoms with van der Waals surface area (Å²) in [7, 11) is 0.